The first-order valence-corrected chi connectivity index (χ1v) is 7.24. The molecule has 0 aliphatic carbocycles. The van der Waals surface area contributed by atoms with E-state index in [4.69, 9.17) is 4.74 Å². The maximum Gasteiger partial charge on any atom is 0.277 e. The van der Waals surface area contributed by atoms with E-state index >= 15 is 0 Å². The quantitative estimate of drug-likeness (QED) is 0.404. The highest BCUT2D eigenvalue weighted by Crippen LogP contribution is 2.25. The monoisotopic (exact) mass is 433 g/mol. The van der Waals surface area contributed by atoms with Crippen molar-refractivity contribution in [3.05, 3.63) is 66.2 Å². The van der Waals surface area contributed by atoms with Crippen LogP contribution < -0.4 is 4.74 Å². The number of rotatable bonds is 4. The Morgan fingerprint density at radius 2 is 2.05 bits per heavy atom. The molecule has 0 atom stereocenters. The van der Waals surface area contributed by atoms with Gasteiger partial charge in [-0.05, 0) is 52.9 Å². The fourth-order valence-electron chi connectivity index (χ4n) is 1.55. The largest absolute Gasteiger partial charge is 0.489 e. The fraction of sp³-hybridized carbons (Fsp3) is 0.0769. The molecule has 0 aliphatic rings. The van der Waals surface area contributed by atoms with Gasteiger partial charge in [0.25, 0.3) is 5.69 Å². The van der Waals surface area contributed by atoms with E-state index in [1.54, 1.807) is 12.1 Å². The van der Waals surface area contributed by atoms with Crippen molar-refractivity contribution >= 4 is 44.2 Å². The van der Waals surface area contributed by atoms with Gasteiger partial charge < -0.3 is 4.74 Å². The predicted octanol–water partition coefficient (Wildman–Crippen LogP) is 4.54. The van der Waals surface area contributed by atoms with Gasteiger partial charge in [-0.25, -0.2) is 0 Å². The molecule has 98 valence electrons. The summed E-state index contributed by atoms with van der Waals surface area (Å²) < 4.78 is 7.31. The summed E-state index contributed by atoms with van der Waals surface area (Å²) in [7, 11) is 0. The average molecular weight is 434 g/mol. The number of nitro benzene ring substituents is 1. The minimum absolute atomic E-state index is 0.0556. The number of ether oxygens (including phenoxy) is 1. The number of nitro groups is 1. The van der Waals surface area contributed by atoms with Crippen molar-refractivity contribution in [2.75, 3.05) is 0 Å². The smallest absolute Gasteiger partial charge is 0.277 e. The third-order valence-electron chi connectivity index (χ3n) is 2.43. The Bertz CT molecular complexity index is 619. The minimum Gasteiger partial charge on any atom is -0.489 e. The Kier molecular flexibility index (Phi) is 4.76. The van der Waals surface area contributed by atoms with Gasteiger partial charge in [0.05, 0.1) is 10.5 Å². The van der Waals surface area contributed by atoms with Gasteiger partial charge in [-0.2, -0.15) is 0 Å². The number of benzene rings is 2. The van der Waals surface area contributed by atoms with Gasteiger partial charge in [0, 0.05) is 14.1 Å². The Morgan fingerprint density at radius 1 is 1.26 bits per heavy atom. The Labute approximate surface area is 132 Å². The molecule has 0 N–H and O–H groups in total. The van der Waals surface area contributed by atoms with E-state index in [0.717, 1.165) is 3.57 Å². The zero-order valence-electron chi connectivity index (χ0n) is 9.68. The van der Waals surface area contributed by atoms with Gasteiger partial charge in [0.15, 0.2) is 0 Å². The highest BCUT2D eigenvalue weighted by Gasteiger charge is 2.14. The summed E-state index contributed by atoms with van der Waals surface area (Å²) in [5.74, 6) is 0.698. The van der Waals surface area contributed by atoms with Crippen molar-refractivity contribution < 1.29 is 9.66 Å². The summed E-state index contributed by atoms with van der Waals surface area (Å²) in [5, 5.41) is 11.0. The predicted molar refractivity (Wildman–Crippen MR) is 84.3 cm³/mol. The zero-order valence-corrected chi connectivity index (χ0v) is 13.4. The first-order chi connectivity index (χ1) is 9.06. The van der Waals surface area contributed by atoms with Gasteiger partial charge in [0.2, 0.25) is 0 Å². The standard InChI is InChI=1S/C13H9BrINO3/c14-10-5-4-9(13(6-10)16(17)18)8-19-12-3-1-2-11(15)7-12/h1-7H,8H2. The van der Waals surface area contributed by atoms with Crippen LogP contribution in [-0.4, -0.2) is 4.92 Å². The van der Waals surface area contributed by atoms with E-state index in [1.165, 1.54) is 6.07 Å². The summed E-state index contributed by atoms with van der Waals surface area (Å²) in [6.45, 7) is 0.170. The van der Waals surface area contributed by atoms with Crippen LogP contribution in [0.1, 0.15) is 5.56 Å². The van der Waals surface area contributed by atoms with E-state index in [1.807, 2.05) is 24.3 Å². The van der Waals surface area contributed by atoms with Gasteiger partial charge in [-0.3, -0.25) is 10.1 Å². The molecule has 0 bridgehead atoms. The average Bonchev–Trinajstić information content (AvgIpc) is 2.37. The molecule has 0 spiro atoms. The van der Waals surface area contributed by atoms with Crippen molar-refractivity contribution in [3.8, 4) is 5.75 Å². The molecule has 0 saturated heterocycles. The SMILES string of the molecule is O=[N+]([O-])c1cc(Br)ccc1COc1cccc(I)c1. The molecule has 4 nitrogen and oxygen atoms in total. The Morgan fingerprint density at radius 3 is 2.74 bits per heavy atom. The van der Waals surface area contributed by atoms with Crippen LogP contribution in [0.25, 0.3) is 0 Å². The van der Waals surface area contributed by atoms with E-state index in [-0.39, 0.29) is 12.3 Å². The maximum atomic E-state index is 11.0. The van der Waals surface area contributed by atoms with E-state index in [9.17, 15) is 10.1 Å². The van der Waals surface area contributed by atoms with Gasteiger partial charge >= 0.3 is 0 Å². The third-order valence-corrected chi connectivity index (χ3v) is 3.60. The van der Waals surface area contributed by atoms with Crippen LogP contribution >= 0.6 is 38.5 Å². The number of halogens is 2. The van der Waals surface area contributed by atoms with Crippen LogP contribution in [0.2, 0.25) is 0 Å². The van der Waals surface area contributed by atoms with Crippen LogP contribution in [0.4, 0.5) is 5.69 Å². The lowest BCUT2D eigenvalue weighted by molar-refractivity contribution is -0.385. The second-order valence-electron chi connectivity index (χ2n) is 3.78. The molecule has 6 heteroatoms. The first kappa shape index (κ1) is 14.3. The van der Waals surface area contributed by atoms with E-state index in [2.05, 4.69) is 38.5 Å². The van der Waals surface area contributed by atoms with Crippen molar-refractivity contribution in [1.29, 1.82) is 0 Å². The molecular formula is C13H9BrINO3. The Balaban J connectivity index is 2.17. The zero-order chi connectivity index (χ0) is 13.8. The molecule has 0 unspecified atom stereocenters. The topological polar surface area (TPSA) is 52.4 Å². The highest BCUT2D eigenvalue weighted by atomic mass is 127. The lowest BCUT2D eigenvalue weighted by Crippen LogP contribution is -2.00. The van der Waals surface area contributed by atoms with E-state index in [0.29, 0.717) is 15.8 Å². The van der Waals surface area contributed by atoms with Gasteiger partial charge in [-0.1, -0.05) is 22.0 Å². The van der Waals surface area contributed by atoms with E-state index < -0.39 is 4.92 Å². The van der Waals surface area contributed by atoms with Crippen molar-refractivity contribution in [2.45, 2.75) is 6.61 Å². The molecule has 0 saturated carbocycles. The van der Waals surface area contributed by atoms with Crippen LogP contribution in [0.5, 0.6) is 5.75 Å². The fourth-order valence-corrected chi connectivity index (χ4v) is 2.41. The maximum absolute atomic E-state index is 11.0. The molecular weight excluding hydrogens is 425 g/mol. The van der Waals surface area contributed by atoms with Crippen LogP contribution in [0.3, 0.4) is 0 Å². The first-order valence-electron chi connectivity index (χ1n) is 5.37. The lowest BCUT2D eigenvalue weighted by atomic mass is 10.2. The molecule has 0 fully saturated rings. The third kappa shape index (κ3) is 3.90. The molecule has 2 rings (SSSR count). The molecule has 0 amide bonds. The molecule has 0 radical (unpaired) electrons. The highest BCUT2D eigenvalue weighted by molar-refractivity contribution is 14.1. The molecule has 0 heterocycles. The lowest BCUT2D eigenvalue weighted by Gasteiger charge is -2.07. The minimum atomic E-state index is -0.405. The number of hydrogen-bond acceptors (Lipinski definition) is 3. The molecule has 2 aromatic carbocycles. The summed E-state index contributed by atoms with van der Waals surface area (Å²) in [4.78, 5) is 10.6. The summed E-state index contributed by atoms with van der Waals surface area (Å²) in [6.07, 6.45) is 0. The van der Waals surface area contributed by atoms with Crippen molar-refractivity contribution in [1.82, 2.24) is 0 Å². The molecule has 0 aromatic heterocycles. The second kappa shape index (κ2) is 6.33. The normalized spacial score (nSPS) is 10.2. The molecule has 2 aromatic rings. The van der Waals surface area contributed by atoms with Gasteiger partial charge in [0.1, 0.15) is 12.4 Å². The Hall–Kier alpha value is -1.15. The molecule has 19 heavy (non-hydrogen) atoms. The van der Waals surface area contributed by atoms with Crippen molar-refractivity contribution in [2.24, 2.45) is 0 Å². The summed E-state index contributed by atoms with van der Waals surface area (Å²) in [5.41, 5.74) is 0.604. The number of nitrogens with zero attached hydrogens (tertiary/aromatic N) is 1. The van der Waals surface area contributed by atoms with Crippen LogP contribution in [-0.2, 0) is 6.61 Å². The summed E-state index contributed by atoms with van der Waals surface area (Å²) in [6, 6.07) is 12.5. The van der Waals surface area contributed by atoms with Crippen molar-refractivity contribution in [3.63, 3.8) is 0 Å². The van der Waals surface area contributed by atoms with Crippen LogP contribution in [0.15, 0.2) is 46.9 Å². The summed E-state index contributed by atoms with van der Waals surface area (Å²) >= 11 is 5.41. The van der Waals surface area contributed by atoms with Gasteiger partial charge in [-0.15, -0.1) is 0 Å². The molecule has 0 aliphatic heterocycles. The number of hydrogen-bond donors (Lipinski definition) is 0. The second-order valence-corrected chi connectivity index (χ2v) is 5.94. The van der Waals surface area contributed by atoms with Crippen LogP contribution in [0, 0.1) is 13.7 Å².